The number of H-pyrrole nitrogens is 1. The van der Waals surface area contributed by atoms with Crippen LogP contribution in [0.3, 0.4) is 0 Å². The fourth-order valence-corrected chi connectivity index (χ4v) is 1.11. The Morgan fingerprint density at radius 2 is 2.29 bits per heavy atom. The molecule has 70 valence electrons. The van der Waals surface area contributed by atoms with Crippen LogP contribution in [0.2, 0.25) is 0 Å². The largest absolute Gasteiger partial charge is 0.383 e. The van der Waals surface area contributed by atoms with E-state index in [1.807, 2.05) is 0 Å². The van der Waals surface area contributed by atoms with Gasteiger partial charge >= 0.3 is 0 Å². The highest BCUT2D eigenvalue weighted by molar-refractivity contribution is 5.89. The lowest BCUT2D eigenvalue weighted by molar-refractivity contribution is 1.08. The average Bonchev–Trinajstić information content (AvgIpc) is 2.59. The van der Waals surface area contributed by atoms with Crippen LogP contribution in [0.1, 0.15) is 5.69 Å². The molecule has 0 atom stereocenters. The predicted molar refractivity (Wildman–Crippen MR) is 52.0 cm³/mol. The zero-order chi connectivity index (χ0) is 9.97. The van der Waals surface area contributed by atoms with E-state index in [-0.39, 0.29) is 6.54 Å². The predicted octanol–water partition coefficient (Wildman–Crippen LogP) is -0.755. The quantitative estimate of drug-likeness (QED) is 0.471. The highest BCUT2D eigenvalue weighted by Crippen LogP contribution is 2.17. The number of anilines is 1. The van der Waals surface area contributed by atoms with Crippen molar-refractivity contribution in [3.8, 4) is 11.8 Å². The van der Waals surface area contributed by atoms with E-state index in [1.165, 1.54) is 6.33 Å². The van der Waals surface area contributed by atoms with Crippen molar-refractivity contribution in [1.29, 1.82) is 0 Å². The molecule has 2 aromatic rings. The molecule has 0 aliphatic heterocycles. The zero-order valence-corrected chi connectivity index (χ0v) is 7.28. The molecule has 0 saturated heterocycles. The molecule has 0 aliphatic rings. The SMILES string of the molecule is NCC#Cc1[nH]nc2ncnc(N)c12. The third-order valence-electron chi connectivity index (χ3n) is 1.70. The molecule has 0 unspecified atom stereocenters. The van der Waals surface area contributed by atoms with E-state index in [0.29, 0.717) is 22.5 Å². The van der Waals surface area contributed by atoms with Gasteiger partial charge in [-0.1, -0.05) is 5.92 Å². The molecule has 2 rings (SSSR count). The van der Waals surface area contributed by atoms with Crippen molar-refractivity contribution in [2.24, 2.45) is 5.73 Å². The van der Waals surface area contributed by atoms with Crippen molar-refractivity contribution in [1.82, 2.24) is 20.2 Å². The number of nitrogen functional groups attached to an aromatic ring is 1. The molecule has 6 nitrogen and oxygen atoms in total. The third kappa shape index (κ3) is 1.26. The Labute approximate surface area is 79.7 Å². The van der Waals surface area contributed by atoms with E-state index in [2.05, 4.69) is 32.0 Å². The molecule has 0 amide bonds. The molecular weight excluding hydrogens is 180 g/mol. The van der Waals surface area contributed by atoms with E-state index in [1.54, 1.807) is 0 Å². The van der Waals surface area contributed by atoms with Crippen LogP contribution in [0.15, 0.2) is 6.33 Å². The third-order valence-corrected chi connectivity index (χ3v) is 1.70. The Morgan fingerprint density at radius 1 is 1.43 bits per heavy atom. The number of nitrogens with one attached hydrogen (secondary N) is 1. The molecule has 14 heavy (non-hydrogen) atoms. The molecule has 5 N–H and O–H groups in total. The number of hydrogen-bond acceptors (Lipinski definition) is 5. The minimum Gasteiger partial charge on any atom is -0.383 e. The molecule has 2 heterocycles. The van der Waals surface area contributed by atoms with Crippen molar-refractivity contribution < 1.29 is 0 Å². The topological polar surface area (TPSA) is 106 Å². The lowest BCUT2D eigenvalue weighted by Gasteiger charge is -1.91. The number of rotatable bonds is 0. The van der Waals surface area contributed by atoms with E-state index in [9.17, 15) is 0 Å². The van der Waals surface area contributed by atoms with Crippen molar-refractivity contribution >= 4 is 16.9 Å². The number of aromatic amines is 1. The van der Waals surface area contributed by atoms with Crippen LogP contribution < -0.4 is 11.5 Å². The number of nitrogens with zero attached hydrogens (tertiary/aromatic N) is 3. The zero-order valence-electron chi connectivity index (χ0n) is 7.28. The summed E-state index contributed by atoms with van der Waals surface area (Å²) >= 11 is 0. The second kappa shape index (κ2) is 3.32. The van der Waals surface area contributed by atoms with Crippen LogP contribution in [0, 0.1) is 11.8 Å². The monoisotopic (exact) mass is 188 g/mol. The normalized spacial score (nSPS) is 9.79. The van der Waals surface area contributed by atoms with Gasteiger partial charge in [0.05, 0.1) is 11.9 Å². The molecule has 0 aliphatic carbocycles. The first-order chi connectivity index (χ1) is 6.83. The molecule has 0 spiro atoms. The Bertz CT molecular complexity index is 517. The van der Waals surface area contributed by atoms with Gasteiger partial charge in [-0.25, -0.2) is 9.97 Å². The number of fused-ring (bicyclic) bond motifs is 1. The summed E-state index contributed by atoms with van der Waals surface area (Å²) < 4.78 is 0. The second-order valence-electron chi connectivity index (χ2n) is 2.56. The molecule has 0 aromatic carbocycles. The lowest BCUT2D eigenvalue weighted by Crippen LogP contribution is -1.94. The number of hydrogen-bond donors (Lipinski definition) is 3. The smallest absolute Gasteiger partial charge is 0.187 e. The highest BCUT2D eigenvalue weighted by Gasteiger charge is 2.07. The standard InChI is InChI=1S/C8H8N6/c9-3-1-2-5-6-7(10)11-4-12-8(6)14-13-5/h4H,3,9H2,(H3,10,11,12,13,14). The van der Waals surface area contributed by atoms with Gasteiger partial charge in [-0.3, -0.25) is 5.10 Å². The Kier molecular flexibility index (Phi) is 2.01. The molecule has 0 fully saturated rings. The first-order valence-electron chi connectivity index (χ1n) is 3.96. The molecule has 0 bridgehead atoms. The van der Waals surface area contributed by atoms with Gasteiger partial charge in [0.25, 0.3) is 0 Å². The van der Waals surface area contributed by atoms with Gasteiger partial charge in [-0.2, -0.15) is 5.10 Å². The fourth-order valence-electron chi connectivity index (χ4n) is 1.11. The number of aromatic nitrogens is 4. The van der Waals surface area contributed by atoms with E-state index < -0.39 is 0 Å². The van der Waals surface area contributed by atoms with Crippen LogP contribution in [0.25, 0.3) is 11.0 Å². The molecule has 0 radical (unpaired) electrons. The molecule has 2 aromatic heterocycles. The van der Waals surface area contributed by atoms with Gasteiger partial charge < -0.3 is 11.5 Å². The molecule has 0 saturated carbocycles. The summed E-state index contributed by atoms with van der Waals surface area (Å²) in [6.07, 6.45) is 1.36. The van der Waals surface area contributed by atoms with Crippen molar-refractivity contribution in [3.05, 3.63) is 12.0 Å². The van der Waals surface area contributed by atoms with E-state index >= 15 is 0 Å². The summed E-state index contributed by atoms with van der Waals surface area (Å²) in [6, 6.07) is 0. The maximum atomic E-state index is 5.66. The van der Waals surface area contributed by atoms with Gasteiger partial charge in [0.15, 0.2) is 5.65 Å². The summed E-state index contributed by atoms with van der Waals surface area (Å²) in [7, 11) is 0. The van der Waals surface area contributed by atoms with Gasteiger partial charge in [0.2, 0.25) is 0 Å². The minimum absolute atomic E-state index is 0.286. The van der Waals surface area contributed by atoms with E-state index in [0.717, 1.165) is 0 Å². The number of nitrogens with two attached hydrogens (primary N) is 2. The molecule has 6 heteroatoms. The van der Waals surface area contributed by atoms with Crippen molar-refractivity contribution in [2.45, 2.75) is 0 Å². The van der Waals surface area contributed by atoms with Crippen LogP contribution in [-0.2, 0) is 0 Å². The Balaban J connectivity index is 2.67. The van der Waals surface area contributed by atoms with Crippen LogP contribution >= 0.6 is 0 Å². The van der Waals surface area contributed by atoms with Crippen LogP contribution in [0.5, 0.6) is 0 Å². The summed E-state index contributed by atoms with van der Waals surface area (Å²) in [4.78, 5) is 7.79. The van der Waals surface area contributed by atoms with Gasteiger partial charge in [0.1, 0.15) is 17.8 Å². The second-order valence-corrected chi connectivity index (χ2v) is 2.56. The first kappa shape index (κ1) is 8.47. The Morgan fingerprint density at radius 3 is 3.07 bits per heavy atom. The Hall–Kier alpha value is -2.13. The van der Waals surface area contributed by atoms with Gasteiger partial charge in [-0.05, 0) is 5.92 Å². The highest BCUT2D eigenvalue weighted by atomic mass is 15.2. The lowest BCUT2D eigenvalue weighted by atomic mass is 10.3. The van der Waals surface area contributed by atoms with Crippen LogP contribution in [-0.4, -0.2) is 26.7 Å². The summed E-state index contributed by atoms with van der Waals surface area (Å²) in [5.74, 6) is 5.89. The van der Waals surface area contributed by atoms with Gasteiger partial charge in [-0.15, -0.1) is 0 Å². The minimum atomic E-state index is 0.286. The summed E-state index contributed by atoms with van der Waals surface area (Å²) in [6.45, 7) is 0.286. The summed E-state index contributed by atoms with van der Waals surface area (Å²) in [5.41, 5.74) is 12.0. The first-order valence-corrected chi connectivity index (χ1v) is 3.96. The maximum Gasteiger partial charge on any atom is 0.187 e. The van der Waals surface area contributed by atoms with Crippen molar-refractivity contribution in [3.63, 3.8) is 0 Å². The average molecular weight is 188 g/mol. The summed E-state index contributed by atoms with van der Waals surface area (Å²) in [5, 5.41) is 7.31. The van der Waals surface area contributed by atoms with Crippen molar-refractivity contribution in [2.75, 3.05) is 12.3 Å². The van der Waals surface area contributed by atoms with E-state index in [4.69, 9.17) is 11.5 Å². The fraction of sp³-hybridized carbons (Fsp3) is 0.125. The van der Waals surface area contributed by atoms with Crippen LogP contribution in [0.4, 0.5) is 5.82 Å². The molecular formula is C8H8N6. The van der Waals surface area contributed by atoms with Gasteiger partial charge in [0, 0.05) is 0 Å². The maximum absolute atomic E-state index is 5.66.